The number of carbonyl (C=O) groups is 2. The van der Waals surface area contributed by atoms with E-state index in [9.17, 15) is 14.7 Å². The highest BCUT2D eigenvalue weighted by Gasteiger charge is 2.43. The van der Waals surface area contributed by atoms with E-state index >= 15 is 0 Å². The molecule has 2 aromatic rings. The molecule has 168 valence electrons. The summed E-state index contributed by atoms with van der Waals surface area (Å²) in [5, 5.41) is 16.2. The third kappa shape index (κ3) is 5.31. The topological polar surface area (TPSA) is 94.6 Å². The quantitative estimate of drug-likeness (QED) is 0.636. The maximum absolute atomic E-state index is 13.1. The first kappa shape index (κ1) is 23.4. The van der Waals surface area contributed by atoms with Gasteiger partial charge in [0.05, 0.1) is 28.2 Å². The smallest absolute Gasteiger partial charge is 0.243 e. The van der Waals surface area contributed by atoms with Crippen LogP contribution in [0.15, 0.2) is 29.8 Å². The van der Waals surface area contributed by atoms with E-state index in [0.29, 0.717) is 6.54 Å². The van der Waals surface area contributed by atoms with Crippen LogP contribution in [0.25, 0.3) is 10.4 Å². The van der Waals surface area contributed by atoms with Crippen LogP contribution in [0.5, 0.6) is 0 Å². The molecule has 2 heterocycles. The standard InChI is InChI=1S/C23H32N4O3S/c1-14-19(31-13-26-14)16-8-6-15(7-9-16)11-25-21(29)18-10-17(28)12-27(18)22(30)20(24-5)23(2,3)4/h6-9,13,17-18,20,24,28H,10-12H2,1-5H3,(H,25,29)/t17-,18-,20+/m0/s1. The largest absolute Gasteiger partial charge is 0.391 e. The Balaban J connectivity index is 1.65. The summed E-state index contributed by atoms with van der Waals surface area (Å²) in [7, 11) is 1.74. The number of β-amino-alcohol motifs (C(OH)–C–C–N with tert-alkyl or cyclic N) is 1. The SMILES string of the molecule is CN[C@H](C(=O)N1C[C@@H](O)C[C@H]1C(=O)NCc1ccc(-c2scnc2C)cc1)C(C)(C)C. The van der Waals surface area contributed by atoms with Crippen LogP contribution in [0.3, 0.4) is 0 Å². The van der Waals surface area contributed by atoms with E-state index in [1.807, 2.05) is 57.5 Å². The van der Waals surface area contributed by atoms with Crippen LogP contribution >= 0.6 is 11.3 Å². The average molecular weight is 445 g/mol. The Morgan fingerprint density at radius 2 is 1.97 bits per heavy atom. The molecule has 1 aromatic heterocycles. The number of aliphatic hydroxyl groups excluding tert-OH is 1. The Bertz CT molecular complexity index is 920. The van der Waals surface area contributed by atoms with Crippen LogP contribution in [0.4, 0.5) is 0 Å². The van der Waals surface area contributed by atoms with Crippen LogP contribution < -0.4 is 10.6 Å². The number of thiazole rings is 1. The normalized spacial score (nSPS) is 20.0. The molecule has 0 aliphatic carbocycles. The summed E-state index contributed by atoms with van der Waals surface area (Å²) in [6.45, 7) is 8.46. The number of nitrogens with one attached hydrogen (secondary N) is 2. The highest BCUT2D eigenvalue weighted by atomic mass is 32.1. The fourth-order valence-corrected chi connectivity index (χ4v) is 4.87. The lowest BCUT2D eigenvalue weighted by Gasteiger charge is -2.34. The summed E-state index contributed by atoms with van der Waals surface area (Å²) >= 11 is 1.61. The highest BCUT2D eigenvalue weighted by Crippen LogP contribution is 2.28. The number of benzene rings is 1. The lowest BCUT2D eigenvalue weighted by molar-refractivity contribution is -0.142. The number of carbonyl (C=O) groups excluding carboxylic acids is 2. The molecule has 7 nitrogen and oxygen atoms in total. The van der Waals surface area contributed by atoms with Gasteiger partial charge in [-0.2, -0.15) is 0 Å². The van der Waals surface area contributed by atoms with Gasteiger partial charge in [0.1, 0.15) is 6.04 Å². The molecule has 3 N–H and O–H groups in total. The van der Waals surface area contributed by atoms with Gasteiger partial charge in [0.2, 0.25) is 11.8 Å². The number of rotatable bonds is 6. The van der Waals surface area contributed by atoms with E-state index < -0.39 is 18.2 Å². The van der Waals surface area contributed by atoms with Crippen molar-refractivity contribution in [2.24, 2.45) is 5.41 Å². The van der Waals surface area contributed by atoms with Crippen molar-refractivity contribution in [2.75, 3.05) is 13.6 Å². The molecular weight excluding hydrogens is 412 g/mol. The Hall–Kier alpha value is -2.29. The predicted molar refractivity (Wildman–Crippen MR) is 123 cm³/mol. The zero-order valence-corrected chi connectivity index (χ0v) is 19.6. The van der Waals surface area contributed by atoms with Crippen LogP contribution in [0.1, 0.15) is 38.4 Å². The lowest BCUT2D eigenvalue weighted by Crippen LogP contribution is -2.55. The van der Waals surface area contributed by atoms with E-state index in [1.165, 1.54) is 4.90 Å². The van der Waals surface area contributed by atoms with Crippen molar-refractivity contribution in [3.05, 3.63) is 41.0 Å². The summed E-state index contributed by atoms with van der Waals surface area (Å²) < 4.78 is 0. The molecule has 1 fully saturated rings. The predicted octanol–water partition coefficient (Wildman–Crippen LogP) is 2.33. The van der Waals surface area contributed by atoms with Gasteiger partial charge in [0.25, 0.3) is 0 Å². The summed E-state index contributed by atoms with van der Waals surface area (Å²) in [6.07, 6.45) is -0.444. The van der Waals surface area contributed by atoms with E-state index in [0.717, 1.165) is 21.7 Å². The Morgan fingerprint density at radius 1 is 1.29 bits per heavy atom. The molecular formula is C23H32N4O3S. The van der Waals surface area contributed by atoms with E-state index in [4.69, 9.17) is 0 Å². The van der Waals surface area contributed by atoms with Gasteiger partial charge in [-0.3, -0.25) is 9.59 Å². The fraction of sp³-hybridized carbons (Fsp3) is 0.522. The van der Waals surface area contributed by atoms with Gasteiger partial charge in [-0.1, -0.05) is 45.0 Å². The van der Waals surface area contributed by atoms with Crippen molar-refractivity contribution in [3.8, 4) is 10.4 Å². The van der Waals surface area contributed by atoms with Crippen LogP contribution in [-0.4, -0.2) is 58.6 Å². The van der Waals surface area contributed by atoms with E-state index in [1.54, 1.807) is 18.4 Å². The Labute approximate surface area is 187 Å². The van der Waals surface area contributed by atoms with E-state index in [2.05, 4.69) is 15.6 Å². The molecule has 3 rings (SSSR count). The molecule has 0 spiro atoms. The Kier molecular flexibility index (Phi) is 7.13. The average Bonchev–Trinajstić information content (AvgIpc) is 3.31. The van der Waals surface area contributed by atoms with Crippen molar-refractivity contribution in [1.82, 2.24) is 20.5 Å². The summed E-state index contributed by atoms with van der Waals surface area (Å²) in [4.78, 5) is 32.9. The molecule has 2 amide bonds. The minimum absolute atomic E-state index is 0.156. The van der Waals surface area contributed by atoms with Crippen molar-refractivity contribution in [3.63, 3.8) is 0 Å². The monoisotopic (exact) mass is 444 g/mol. The minimum atomic E-state index is -0.695. The summed E-state index contributed by atoms with van der Waals surface area (Å²) in [6, 6.07) is 6.92. The van der Waals surface area contributed by atoms with Gasteiger partial charge in [0, 0.05) is 19.5 Å². The number of nitrogens with zero attached hydrogens (tertiary/aromatic N) is 2. The number of aryl methyl sites for hydroxylation is 1. The number of hydrogen-bond acceptors (Lipinski definition) is 6. The maximum Gasteiger partial charge on any atom is 0.243 e. The summed E-state index contributed by atoms with van der Waals surface area (Å²) in [5.41, 5.74) is 4.61. The molecule has 0 bridgehead atoms. The molecule has 8 heteroatoms. The van der Waals surface area contributed by atoms with Gasteiger partial charge in [-0.15, -0.1) is 11.3 Å². The van der Waals surface area contributed by atoms with Crippen molar-refractivity contribution in [2.45, 2.75) is 58.8 Å². The minimum Gasteiger partial charge on any atom is -0.391 e. The van der Waals surface area contributed by atoms with Gasteiger partial charge in [0.15, 0.2) is 0 Å². The molecule has 0 radical (unpaired) electrons. The zero-order chi connectivity index (χ0) is 22.8. The van der Waals surface area contributed by atoms with Gasteiger partial charge in [-0.05, 0) is 30.5 Å². The molecule has 1 saturated heterocycles. The second-order valence-corrected chi connectivity index (χ2v) is 10.0. The first-order chi connectivity index (χ1) is 14.6. The zero-order valence-electron chi connectivity index (χ0n) is 18.8. The third-order valence-electron chi connectivity index (χ3n) is 5.69. The lowest BCUT2D eigenvalue weighted by atomic mass is 9.86. The van der Waals surface area contributed by atoms with Crippen LogP contribution in [0.2, 0.25) is 0 Å². The molecule has 1 aliphatic rings. The number of aliphatic hydroxyl groups is 1. The van der Waals surface area contributed by atoms with Crippen LogP contribution in [0, 0.1) is 12.3 Å². The number of aromatic nitrogens is 1. The summed E-state index contributed by atoms with van der Waals surface area (Å²) in [5.74, 6) is -0.396. The van der Waals surface area contributed by atoms with Crippen molar-refractivity contribution in [1.29, 1.82) is 0 Å². The van der Waals surface area contributed by atoms with Crippen molar-refractivity contribution >= 4 is 23.2 Å². The van der Waals surface area contributed by atoms with Crippen molar-refractivity contribution < 1.29 is 14.7 Å². The van der Waals surface area contributed by atoms with Gasteiger partial charge < -0.3 is 20.6 Å². The van der Waals surface area contributed by atoms with Gasteiger partial charge >= 0.3 is 0 Å². The first-order valence-electron chi connectivity index (χ1n) is 10.5. The third-order valence-corrected chi connectivity index (χ3v) is 6.67. The molecule has 1 aliphatic heterocycles. The number of likely N-dealkylation sites (tertiary alicyclic amines) is 1. The molecule has 1 aromatic carbocycles. The molecule has 0 unspecified atom stereocenters. The van der Waals surface area contributed by atoms with Crippen LogP contribution in [-0.2, 0) is 16.1 Å². The molecule has 31 heavy (non-hydrogen) atoms. The first-order valence-corrected chi connectivity index (χ1v) is 11.4. The molecule has 3 atom stereocenters. The second-order valence-electron chi connectivity index (χ2n) is 9.17. The highest BCUT2D eigenvalue weighted by molar-refractivity contribution is 7.13. The fourth-order valence-electron chi connectivity index (χ4n) is 4.06. The van der Waals surface area contributed by atoms with E-state index in [-0.39, 0.29) is 30.2 Å². The number of likely N-dealkylation sites (N-methyl/N-ethyl adjacent to an activating group) is 1. The number of hydrogen-bond donors (Lipinski definition) is 3. The second kappa shape index (κ2) is 9.46. The van der Waals surface area contributed by atoms with Gasteiger partial charge in [-0.25, -0.2) is 4.98 Å². The maximum atomic E-state index is 13.1. The molecule has 0 saturated carbocycles. The Morgan fingerprint density at radius 3 is 2.52 bits per heavy atom. The number of amides is 2.